The maximum Gasteiger partial charge on any atom is 0.251 e. The first-order valence-corrected chi connectivity index (χ1v) is 10.6. The monoisotopic (exact) mass is 408 g/mol. The highest BCUT2D eigenvalue weighted by atomic mass is 16.7. The van der Waals surface area contributed by atoms with Gasteiger partial charge in [-0.05, 0) is 30.5 Å². The zero-order valence-electron chi connectivity index (χ0n) is 17.0. The van der Waals surface area contributed by atoms with Crippen LogP contribution in [0.4, 0.5) is 0 Å². The molecule has 1 unspecified atom stereocenters. The quantitative estimate of drug-likeness (QED) is 0.797. The lowest BCUT2D eigenvalue weighted by molar-refractivity contribution is -0.137. The van der Waals surface area contributed by atoms with E-state index in [0.717, 1.165) is 18.4 Å². The summed E-state index contributed by atoms with van der Waals surface area (Å²) in [6.07, 6.45) is 1.87. The normalized spacial score (nSPS) is 18.9. The second-order valence-corrected chi connectivity index (χ2v) is 7.84. The predicted octanol–water partition coefficient (Wildman–Crippen LogP) is 3.16. The molecule has 0 spiro atoms. The van der Waals surface area contributed by atoms with Crippen molar-refractivity contribution in [2.24, 2.45) is 5.92 Å². The van der Waals surface area contributed by atoms with Crippen molar-refractivity contribution in [3.63, 3.8) is 0 Å². The minimum atomic E-state index is -0.370. The number of carbonyl (C=O) groups is 2. The van der Waals surface area contributed by atoms with E-state index >= 15 is 0 Å². The molecule has 2 fully saturated rings. The summed E-state index contributed by atoms with van der Waals surface area (Å²) in [6, 6.07) is 18.4. The molecule has 2 aromatic rings. The number of hydrogen-bond donors (Lipinski definition) is 1. The molecule has 6 nitrogen and oxygen atoms in total. The average molecular weight is 408 g/mol. The number of likely N-dealkylation sites (tertiary alicyclic amines) is 1. The van der Waals surface area contributed by atoms with E-state index in [-0.39, 0.29) is 30.6 Å². The van der Waals surface area contributed by atoms with Crippen LogP contribution in [0.1, 0.15) is 41.2 Å². The molecular formula is C24H28N2O4. The van der Waals surface area contributed by atoms with E-state index in [1.165, 1.54) is 0 Å². The van der Waals surface area contributed by atoms with Crippen LogP contribution in [-0.2, 0) is 14.3 Å². The highest BCUT2D eigenvalue weighted by Crippen LogP contribution is 2.27. The first-order valence-electron chi connectivity index (χ1n) is 10.6. The Morgan fingerprint density at radius 1 is 0.933 bits per heavy atom. The van der Waals surface area contributed by atoms with Crippen molar-refractivity contribution < 1.29 is 19.1 Å². The number of nitrogens with one attached hydrogen (secondary N) is 1. The van der Waals surface area contributed by atoms with E-state index in [2.05, 4.69) is 5.32 Å². The number of ether oxygens (including phenoxy) is 2. The molecule has 0 bridgehead atoms. The molecule has 2 heterocycles. The van der Waals surface area contributed by atoms with E-state index in [4.69, 9.17) is 9.47 Å². The number of carbonyl (C=O) groups excluding carboxylic acids is 2. The third-order valence-corrected chi connectivity index (χ3v) is 5.85. The van der Waals surface area contributed by atoms with Crippen molar-refractivity contribution in [2.45, 2.75) is 31.6 Å². The lowest BCUT2D eigenvalue weighted by atomic mass is 9.95. The summed E-state index contributed by atoms with van der Waals surface area (Å²) in [4.78, 5) is 27.7. The van der Waals surface area contributed by atoms with Gasteiger partial charge in [-0.15, -0.1) is 0 Å². The molecule has 30 heavy (non-hydrogen) atoms. The number of nitrogens with zero attached hydrogens (tertiary/aromatic N) is 1. The molecule has 158 valence electrons. The summed E-state index contributed by atoms with van der Waals surface area (Å²) in [5.74, 6) is 0.231. The van der Waals surface area contributed by atoms with Crippen LogP contribution in [0.15, 0.2) is 60.7 Å². The Morgan fingerprint density at radius 2 is 1.53 bits per heavy atom. The second kappa shape index (κ2) is 9.87. The number of amides is 2. The second-order valence-electron chi connectivity index (χ2n) is 7.84. The van der Waals surface area contributed by atoms with Gasteiger partial charge in [0.15, 0.2) is 6.29 Å². The Kier molecular flexibility index (Phi) is 6.77. The van der Waals surface area contributed by atoms with Crippen LogP contribution in [0.3, 0.4) is 0 Å². The number of piperidine rings is 1. The van der Waals surface area contributed by atoms with Crippen LogP contribution in [0, 0.1) is 5.92 Å². The van der Waals surface area contributed by atoms with E-state index in [9.17, 15) is 9.59 Å². The molecule has 4 rings (SSSR count). The molecule has 0 aliphatic carbocycles. The maximum absolute atomic E-state index is 13.0. The van der Waals surface area contributed by atoms with Crippen LogP contribution >= 0.6 is 0 Å². The van der Waals surface area contributed by atoms with Gasteiger partial charge in [0, 0.05) is 24.6 Å². The molecular weight excluding hydrogens is 380 g/mol. The molecule has 1 atom stereocenters. The van der Waals surface area contributed by atoms with Gasteiger partial charge >= 0.3 is 0 Å². The van der Waals surface area contributed by atoms with Crippen molar-refractivity contribution in [1.82, 2.24) is 10.2 Å². The summed E-state index contributed by atoms with van der Waals surface area (Å²) >= 11 is 0. The summed E-state index contributed by atoms with van der Waals surface area (Å²) in [5, 5.41) is 3.05. The zero-order chi connectivity index (χ0) is 20.8. The topological polar surface area (TPSA) is 67.9 Å². The third kappa shape index (κ3) is 5.07. The molecule has 1 N–H and O–H groups in total. The molecule has 6 heteroatoms. The lowest BCUT2D eigenvalue weighted by Gasteiger charge is -2.34. The van der Waals surface area contributed by atoms with Gasteiger partial charge in [-0.25, -0.2) is 0 Å². The molecule has 2 saturated heterocycles. The van der Waals surface area contributed by atoms with Crippen molar-refractivity contribution in [3.8, 4) is 0 Å². The number of hydrogen-bond acceptors (Lipinski definition) is 4. The first-order chi connectivity index (χ1) is 14.7. The molecule has 0 saturated carbocycles. The lowest BCUT2D eigenvalue weighted by Crippen LogP contribution is -2.43. The number of rotatable bonds is 6. The fraction of sp³-hybridized carbons (Fsp3) is 0.417. The Morgan fingerprint density at radius 3 is 2.17 bits per heavy atom. The standard InChI is InChI=1S/C24H28N2O4/c27-22(26-13-11-20(12-14-26)24-29-15-16-30-24)17-21(18-7-3-1-4-8-18)25-23(28)19-9-5-2-6-10-19/h1-10,20-21,24H,11-17H2,(H,25,28). The van der Waals surface area contributed by atoms with E-state index in [1.807, 2.05) is 53.4 Å². The number of benzene rings is 2. The van der Waals surface area contributed by atoms with Crippen LogP contribution < -0.4 is 5.32 Å². The summed E-state index contributed by atoms with van der Waals surface area (Å²) in [7, 11) is 0. The minimum Gasteiger partial charge on any atom is -0.350 e. The molecule has 2 amide bonds. The highest BCUT2D eigenvalue weighted by molar-refractivity contribution is 5.94. The van der Waals surface area contributed by atoms with Gasteiger partial charge in [0.1, 0.15) is 0 Å². The largest absolute Gasteiger partial charge is 0.350 e. The maximum atomic E-state index is 13.0. The van der Waals surface area contributed by atoms with Crippen LogP contribution in [0.25, 0.3) is 0 Å². The van der Waals surface area contributed by atoms with Crippen LogP contribution in [0.2, 0.25) is 0 Å². The van der Waals surface area contributed by atoms with Gasteiger partial charge in [-0.1, -0.05) is 48.5 Å². The average Bonchev–Trinajstić information content (AvgIpc) is 3.35. The molecule has 0 radical (unpaired) electrons. The van der Waals surface area contributed by atoms with Crippen LogP contribution in [0.5, 0.6) is 0 Å². The van der Waals surface area contributed by atoms with E-state index in [1.54, 1.807) is 12.1 Å². The zero-order valence-corrected chi connectivity index (χ0v) is 17.0. The van der Waals surface area contributed by atoms with Gasteiger partial charge in [0.25, 0.3) is 5.91 Å². The Bertz CT molecular complexity index is 829. The SMILES string of the molecule is O=C(NC(CC(=O)N1CCC(C2OCCO2)CC1)c1ccccc1)c1ccccc1. The fourth-order valence-electron chi connectivity index (χ4n) is 4.14. The van der Waals surface area contributed by atoms with Crippen LogP contribution in [-0.4, -0.2) is 49.3 Å². The molecule has 2 aliphatic rings. The molecule has 2 aliphatic heterocycles. The summed E-state index contributed by atoms with van der Waals surface area (Å²) < 4.78 is 11.2. The van der Waals surface area contributed by atoms with E-state index < -0.39 is 0 Å². The highest BCUT2D eigenvalue weighted by Gasteiger charge is 2.32. The minimum absolute atomic E-state index is 0.0592. The van der Waals surface area contributed by atoms with Gasteiger partial charge in [0.05, 0.1) is 25.7 Å². The molecule has 2 aromatic carbocycles. The fourth-order valence-corrected chi connectivity index (χ4v) is 4.14. The van der Waals surface area contributed by atoms with Crippen molar-refractivity contribution in [3.05, 3.63) is 71.8 Å². The van der Waals surface area contributed by atoms with E-state index in [0.29, 0.717) is 37.8 Å². The summed E-state index contributed by atoms with van der Waals surface area (Å²) in [5.41, 5.74) is 1.51. The predicted molar refractivity (Wildman–Crippen MR) is 113 cm³/mol. The van der Waals surface area contributed by atoms with Crippen molar-refractivity contribution >= 4 is 11.8 Å². The van der Waals surface area contributed by atoms with Gasteiger partial charge in [-0.2, -0.15) is 0 Å². The summed E-state index contributed by atoms with van der Waals surface area (Å²) in [6.45, 7) is 2.70. The van der Waals surface area contributed by atoms with Gasteiger partial charge in [-0.3, -0.25) is 9.59 Å². The third-order valence-electron chi connectivity index (χ3n) is 5.85. The van der Waals surface area contributed by atoms with Crippen molar-refractivity contribution in [2.75, 3.05) is 26.3 Å². The molecule has 0 aromatic heterocycles. The smallest absolute Gasteiger partial charge is 0.251 e. The van der Waals surface area contributed by atoms with Gasteiger partial charge < -0.3 is 19.7 Å². The Labute approximate surface area is 177 Å². The van der Waals surface area contributed by atoms with Crippen molar-refractivity contribution in [1.29, 1.82) is 0 Å². The first kappa shape index (κ1) is 20.6. The Balaban J connectivity index is 1.39. The Hall–Kier alpha value is -2.70. The van der Waals surface area contributed by atoms with Gasteiger partial charge in [0.2, 0.25) is 5.91 Å².